The predicted molar refractivity (Wildman–Crippen MR) is 86.5 cm³/mol. The molecule has 0 aliphatic carbocycles. The molecule has 0 aliphatic heterocycles. The molecule has 0 saturated carbocycles. The number of aryl methyl sites for hydroxylation is 1. The molecule has 0 saturated heterocycles. The van der Waals surface area contributed by atoms with Crippen LogP contribution in [0, 0.1) is 12.7 Å². The van der Waals surface area contributed by atoms with Crippen molar-refractivity contribution in [3.05, 3.63) is 53.6 Å². The van der Waals surface area contributed by atoms with Crippen molar-refractivity contribution >= 4 is 10.8 Å². The molecule has 6 nitrogen and oxygen atoms in total. The van der Waals surface area contributed by atoms with Crippen LogP contribution in [-0.2, 0) is 17.0 Å². The summed E-state index contributed by atoms with van der Waals surface area (Å²) in [4.78, 5) is 7.51. The van der Waals surface area contributed by atoms with Crippen molar-refractivity contribution in [2.45, 2.75) is 23.0 Å². The molecule has 0 radical (unpaired) electrons. The second-order valence-corrected chi connectivity index (χ2v) is 6.79. The van der Waals surface area contributed by atoms with Crippen LogP contribution in [0.5, 0.6) is 5.88 Å². The molecule has 142 valence electrons. The zero-order valence-electron chi connectivity index (χ0n) is 14.0. The first-order valence-corrected chi connectivity index (χ1v) is 8.58. The van der Waals surface area contributed by atoms with Crippen LogP contribution in [-0.4, -0.2) is 31.1 Å². The molecule has 1 aromatic carbocycles. The summed E-state index contributed by atoms with van der Waals surface area (Å²) < 4.78 is 72.4. The molecule has 27 heavy (non-hydrogen) atoms. The number of aromatic nitrogens is 4. The molecule has 0 N–H and O–H groups in total. The number of hydrogen-bond acceptors (Lipinski definition) is 5. The molecule has 0 aliphatic rings. The Morgan fingerprint density at radius 1 is 1.15 bits per heavy atom. The van der Waals surface area contributed by atoms with Gasteiger partial charge in [0, 0.05) is 4.90 Å². The minimum absolute atomic E-state index is 0.115. The summed E-state index contributed by atoms with van der Waals surface area (Å²) in [5, 5.41) is 2.82. The number of nitrogens with zero attached hydrogens (tertiary/aromatic N) is 4. The van der Waals surface area contributed by atoms with Gasteiger partial charge in [-0.05, 0) is 19.1 Å². The van der Waals surface area contributed by atoms with E-state index >= 15 is 0 Å². The highest BCUT2D eigenvalue weighted by atomic mass is 32.2. The second-order valence-electron chi connectivity index (χ2n) is 5.40. The Bertz CT molecular complexity index is 1000. The van der Waals surface area contributed by atoms with Crippen LogP contribution in [0.1, 0.15) is 11.1 Å². The van der Waals surface area contributed by atoms with E-state index in [1.165, 1.54) is 12.1 Å². The normalized spacial score (nSPS) is 12.8. The van der Waals surface area contributed by atoms with Gasteiger partial charge in [0.1, 0.15) is 10.8 Å². The van der Waals surface area contributed by atoms with Crippen molar-refractivity contribution in [3.63, 3.8) is 0 Å². The summed E-state index contributed by atoms with van der Waals surface area (Å²) in [5.74, 6) is -1.98. The van der Waals surface area contributed by atoms with Crippen molar-refractivity contribution in [1.29, 1.82) is 0 Å². The van der Waals surface area contributed by atoms with Gasteiger partial charge in [0.05, 0.1) is 19.5 Å². The van der Waals surface area contributed by atoms with E-state index in [4.69, 9.17) is 4.74 Å². The fourth-order valence-corrected chi connectivity index (χ4v) is 3.38. The Hall–Kier alpha value is -2.82. The lowest BCUT2D eigenvalue weighted by atomic mass is 10.2. The lowest BCUT2D eigenvalue weighted by molar-refractivity contribution is -0.141. The van der Waals surface area contributed by atoms with E-state index in [9.17, 15) is 21.8 Å². The van der Waals surface area contributed by atoms with Crippen molar-refractivity contribution < 1.29 is 26.5 Å². The van der Waals surface area contributed by atoms with Gasteiger partial charge in [-0.25, -0.2) is 18.3 Å². The van der Waals surface area contributed by atoms with Crippen LogP contribution in [0.2, 0.25) is 0 Å². The summed E-state index contributed by atoms with van der Waals surface area (Å²) in [7, 11) is -1.30. The van der Waals surface area contributed by atoms with E-state index in [2.05, 4.69) is 15.1 Å². The fraction of sp³-hybridized carbons (Fsp3) is 0.188. The average molecular weight is 400 g/mol. The smallest absolute Gasteiger partial charge is 0.424 e. The molecule has 2 heterocycles. The number of rotatable bonds is 4. The minimum Gasteiger partial charge on any atom is -0.480 e. The topological polar surface area (TPSA) is 69.9 Å². The highest BCUT2D eigenvalue weighted by Gasteiger charge is 2.41. The molecule has 0 spiro atoms. The van der Waals surface area contributed by atoms with Gasteiger partial charge in [-0.3, -0.25) is 0 Å². The van der Waals surface area contributed by atoms with Gasteiger partial charge in [-0.15, -0.1) is 0 Å². The summed E-state index contributed by atoms with van der Waals surface area (Å²) >= 11 is 0. The van der Waals surface area contributed by atoms with E-state index in [-0.39, 0.29) is 4.90 Å². The van der Waals surface area contributed by atoms with Crippen molar-refractivity contribution in [1.82, 2.24) is 19.7 Å². The van der Waals surface area contributed by atoms with Gasteiger partial charge in [0.25, 0.3) is 5.95 Å². The first-order chi connectivity index (χ1) is 12.7. The van der Waals surface area contributed by atoms with E-state index < -0.39 is 45.2 Å². The van der Waals surface area contributed by atoms with Gasteiger partial charge >= 0.3 is 6.18 Å². The quantitative estimate of drug-likeness (QED) is 0.497. The number of benzene rings is 1. The number of ether oxygens (including phenoxy) is 1. The van der Waals surface area contributed by atoms with Crippen molar-refractivity contribution in [3.8, 4) is 11.8 Å². The van der Waals surface area contributed by atoms with E-state index in [0.29, 0.717) is 0 Å². The Balaban J connectivity index is 2.25. The zero-order valence-corrected chi connectivity index (χ0v) is 14.8. The second kappa shape index (κ2) is 7.06. The van der Waals surface area contributed by atoms with Crippen LogP contribution in [0.15, 0.2) is 46.6 Å². The molecule has 3 aromatic rings. The lowest BCUT2D eigenvalue weighted by Crippen LogP contribution is -2.18. The van der Waals surface area contributed by atoms with Gasteiger partial charge in [-0.2, -0.15) is 23.3 Å². The van der Waals surface area contributed by atoms with Gasteiger partial charge in [0.15, 0.2) is 16.4 Å². The maximum Gasteiger partial charge on any atom is 0.424 e. The number of methoxy groups -OCH3 is 1. The van der Waals surface area contributed by atoms with Gasteiger partial charge < -0.3 is 4.74 Å². The molecule has 2 aromatic heterocycles. The van der Waals surface area contributed by atoms with Crippen molar-refractivity contribution in [2.75, 3.05) is 7.11 Å². The molecule has 3 rings (SSSR count). The Labute approximate surface area is 153 Å². The largest absolute Gasteiger partial charge is 0.480 e. The van der Waals surface area contributed by atoms with Crippen LogP contribution in [0.3, 0.4) is 0 Å². The summed E-state index contributed by atoms with van der Waals surface area (Å²) in [6, 6.07) is 6.10. The molecule has 1 atom stereocenters. The zero-order chi connectivity index (χ0) is 19.8. The Morgan fingerprint density at radius 3 is 2.33 bits per heavy atom. The van der Waals surface area contributed by atoms with Gasteiger partial charge in [0.2, 0.25) is 5.88 Å². The Kier molecular flexibility index (Phi) is 4.96. The lowest BCUT2D eigenvalue weighted by Gasteiger charge is -2.16. The number of alkyl halides is 3. The van der Waals surface area contributed by atoms with Gasteiger partial charge in [-0.1, -0.05) is 17.7 Å². The van der Waals surface area contributed by atoms with E-state index in [1.807, 2.05) is 0 Å². The maximum atomic E-state index is 13.6. The minimum atomic E-state index is -4.92. The van der Waals surface area contributed by atoms with Crippen LogP contribution in [0.4, 0.5) is 17.6 Å². The number of hydrogen-bond donors (Lipinski definition) is 0. The highest BCUT2D eigenvalue weighted by molar-refractivity contribution is 7.85. The maximum absolute atomic E-state index is 13.6. The highest BCUT2D eigenvalue weighted by Crippen LogP contribution is 2.39. The summed E-state index contributed by atoms with van der Waals surface area (Å²) in [6.07, 6.45) is -3.21. The standard InChI is InChI=1S/C16H12F4N4O2S/c1-9-3-5-11(6-4-9)27(25)14-12(16(18,19)20)13(26-2)22-15(23-14)24-8-10(17)7-21-24/h3-8H,1-2H3. The van der Waals surface area contributed by atoms with E-state index in [1.54, 1.807) is 19.1 Å². The molecule has 0 amide bonds. The average Bonchev–Trinajstić information content (AvgIpc) is 3.06. The Morgan fingerprint density at radius 2 is 1.81 bits per heavy atom. The summed E-state index contributed by atoms with van der Waals surface area (Å²) in [5.41, 5.74) is -0.514. The van der Waals surface area contributed by atoms with E-state index in [0.717, 1.165) is 29.7 Å². The molecular weight excluding hydrogens is 388 g/mol. The first kappa shape index (κ1) is 19.0. The number of halogens is 4. The third-order valence-corrected chi connectivity index (χ3v) is 4.82. The van der Waals surface area contributed by atoms with Crippen LogP contribution < -0.4 is 4.74 Å². The first-order valence-electron chi connectivity index (χ1n) is 7.43. The fourth-order valence-electron chi connectivity index (χ4n) is 2.22. The molecular formula is C16H12F4N4O2S. The SMILES string of the molecule is COc1nc(-n2cc(F)cn2)nc(S(=O)c2ccc(C)cc2)c1C(F)(F)F. The summed E-state index contributed by atoms with van der Waals surface area (Å²) in [6.45, 7) is 1.78. The van der Waals surface area contributed by atoms with Crippen LogP contribution >= 0.6 is 0 Å². The third-order valence-electron chi connectivity index (χ3n) is 3.47. The monoisotopic (exact) mass is 400 g/mol. The molecule has 0 fully saturated rings. The molecule has 11 heteroatoms. The predicted octanol–water partition coefficient (Wildman–Crippen LogP) is 3.30. The van der Waals surface area contributed by atoms with Crippen LogP contribution in [0.25, 0.3) is 5.95 Å². The molecule has 1 unspecified atom stereocenters. The molecule has 0 bridgehead atoms. The van der Waals surface area contributed by atoms with Crippen molar-refractivity contribution in [2.24, 2.45) is 0 Å². The third kappa shape index (κ3) is 3.82.